The van der Waals surface area contributed by atoms with Crippen LogP contribution in [0.3, 0.4) is 0 Å². The summed E-state index contributed by atoms with van der Waals surface area (Å²) in [6.45, 7) is 14.2. The van der Waals surface area contributed by atoms with Gasteiger partial charge >= 0.3 is 0 Å². The van der Waals surface area contributed by atoms with Crippen LogP contribution in [0.1, 0.15) is 57.5 Å². The van der Waals surface area contributed by atoms with E-state index in [0.29, 0.717) is 11.8 Å². The average Bonchev–Trinajstić information content (AvgIpc) is 2.63. The molecule has 0 bridgehead atoms. The molecule has 0 saturated carbocycles. The highest BCUT2D eigenvalue weighted by Crippen LogP contribution is 2.26. The van der Waals surface area contributed by atoms with Crippen molar-refractivity contribution in [3.63, 3.8) is 0 Å². The van der Waals surface area contributed by atoms with E-state index < -0.39 is 0 Å². The topological polar surface area (TPSA) is 37.8 Å². The lowest BCUT2D eigenvalue weighted by Crippen LogP contribution is -2.37. The maximum absolute atomic E-state index is 4.29. The van der Waals surface area contributed by atoms with Gasteiger partial charge in [-0.2, -0.15) is 0 Å². The fraction of sp³-hybridized carbons (Fsp3) is 0.846. The lowest BCUT2D eigenvalue weighted by molar-refractivity contribution is 0.429. The lowest BCUT2D eigenvalue weighted by Gasteiger charge is -2.19. The van der Waals surface area contributed by atoms with E-state index >= 15 is 0 Å². The second-order valence-corrected chi connectivity index (χ2v) is 7.09. The Morgan fingerprint density at radius 3 is 2.35 bits per heavy atom. The highest BCUT2D eigenvalue weighted by molar-refractivity contribution is 7.11. The van der Waals surface area contributed by atoms with Crippen molar-refractivity contribution in [2.24, 2.45) is 5.92 Å². The minimum absolute atomic E-state index is 0.179. The summed E-state index contributed by atoms with van der Waals surface area (Å²) in [6.07, 6.45) is 0.972. The van der Waals surface area contributed by atoms with E-state index in [0.717, 1.165) is 18.0 Å². The first-order valence-corrected chi connectivity index (χ1v) is 7.18. The molecule has 1 atom stereocenters. The second kappa shape index (κ2) is 5.91. The third-order valence-electron chi connectivity index (χ3n) is 2.87. The highest BCUT2D eigenvalue weighted by atomic mass is 32.1. The molecule has 0 aliphatic carbocycles. The van der Waals surface area contributed by atoms with Crippen molar-refractivity contribution >= 4 is 11.3 Å². The number of rotatable bonds is 5. The molecule has 0 aromatic carbocycles. The Hall–Kier alpha value is -0.480. The Morgan fingerprint density at radius 2 is 1.82 bits per heavy atom. The number of aromatic nitrogens is 2. The molecule has 3 nitrogen and oxygen atoms in total. The Labute approximate surface area is 109 Å². The number of nitrogens with zero attached hydrogens (tertiary/aromatic N) is 2. The van der Waals surface area contributed by atoms with Gasteiger partial charge in [0.1, 0.15) is 10.0 Å². The maximum Gasteiger partial charge on any atom is 0.120 e. The molecular formula is C13H25N3S. The van der Waals surface area contributed by atoms with E-state index in [1.54, 1.807) is 11.3 Å². The average molecular weight is 255 g/mol. The summed E-state index contributed by atoms with van der Waals surface area (Å²) in [7, 11) is 0. The molecule has 0 radical (unpaired) electrons. The summed E-state index contributed by atoms with van der Waals surface area (Å²) in [5, 5.41) is 14.3. The molecule has 0 spiro atoms. The Balaban J connectivity index is 2.46. The third kappa shape index (κ3) is 5.13. The molecule has 1 heterocycles. The Kier molecular flexibility index (Phi) is 5.07. The third-order valence-corrected chi connectivity index (χ3v) is 4.05. The van der Waals surface area contributed by atoms with Crippen molar-refractivity contribution in [1.82, 2.24) is 15.5 Å². The number of nitrogens with one attached hydrogen (secondary N) is 1. The van der Waals surface area contributed by atoms with E-state index in [2.05, 4.69) is 57.1 Å². The van der Waals surface area contributed by atoms with Gasteiger partial charge in [-0.25, -0.2) is 0 Å². The summed E-state index contributed by atoms with van der Waals surface area (Å²) >= 11 is 1.76. The van der Waals surface area contributed by atoms with Crippen LogP contribution in [0.4, 0.5) is 0 Å². The smallest absolute Gasteiger partial charge is 0.120 e. The lowest BCUT2D eigenvalue weighted by atomic mass is 9.99. The van der Waals surface area contributed by atoms with Gasteiger partial charge in [0.05, 0.1) is 0 Å². The standard InChI is InChI=1S/C13H25N3S/c1-9(2)10(3)12-16-15-11(17-12)7-8-14-13(4,5)6/h9-10,14H,7-8H2,1-6H3. The van der Waals surface area contributed by atoms with Crippen LogP contribution < -0.4 is 5.32 Å². The predicted octanol–water partition coefficient (Wildman–Crippen LogP) is 3.23. The molecule has 1 unspecified atom stereocenters. The second-order valence-electron chi connectivity index (χ2n) is 5.99. The molecule has 17 heavy (non-hydrogen) atoms. The van der Waals surface area contributed by atoms with Crippen molar-refractivity contribution in [3.05, 3.63) is 10.0 Å². The molecule has 0 aliphatic heterocycles. The molecule has 0 saturated heterocycles. The SMILES string of the molecule is CC(C)C(C)c1nnc(CCNC(C)(C)C)s1. The first kappa shape index (κ1) is 14.6. The van der Waals surface area contributed by atoms with Crippen molar-refractivity contribution in [1.29, 1.82) is 0 Å². The van der Waals surface area contributed by atoms with E-state index in [4.69, 9.17) is 0 Å². The predicted molar refractivity (Wildman–Crippen MR) is 74.6 cm³/mol. The van der Waals surface area contributed by atoms with Crippen LogP contribution in [-0.4, -0.2) is 22.3 Å². The van der Waals surface area contributed by atoms with Crippen LogP contribution in [0.2, 0.25) is 0 Å². The van der Waals surface area contributed by atoms with E-state index in [1.165, 1.54) is 5.01 Å². The van der Waals surface area contributed by atoms with Crippen LogP contribution in [-0.2, 0) is 6.42 Å². The molecule has 4 heteroatoms. The van der Waals surface area contributed by atoms with Crippen LogP contribution in [0, 0.1) is 5.92 Å². The molecule has 0 amide bonds. The van der Waals surface area contributed by atoms with Gasteiger partial charge in [-0.15, -0.1) is 21.5 Å². The zero-order chi connectivity index (χ0) is 13.1. The summed E-state index contributed by atoms with van der Waals surface area (Å²) in [5.41, 5.74) is 0.179. The van der Waals surface area contributed by atoms with Gasteiger partial charge in [-0.3, -0.25) is 0 Å². The fourth-order valence-corrected chi connectivity index (χ4v) is 2.45. The number of hydrogen-bond acceptors (Lipinski definition) is 4. The molecule has 98 valence electrons. The molecule has 1 aromatic heterocycles. The van der Waals surface area contributed by atoms with E-state index in [-0.39, 0.29) is 5.54 Å². The van der Waals surface area contributed by atoms with E-state index in [9.17, 15) is 0 Å². The van der Waals surface area contributed by atoms with Crippen LogP contribution in [0.25, 0.3) is 0 Å². The van der Waals surface area contributed by atoms with Gasteiger partial charge in [-0.1, -0.05) is 20.8 Å². The largest absolute Gasteiger partial charge is 0.312 e. The fourth-order valence-electron chi connectivity index (χ4n) is 1.38. The first-order valence-electron chi connectivity index (χ1n) is 6.37. The van der Waals surface area contributed by atoms with Gasteiger partial charge in [0.15, 0.2) is 0 Å². The van der Waals surface area contributed by atoms with Gasteiger partial charge in [0, 0.05) is 24.4 Å². The van der Waals surface area contributed by atoms with Crippen molar-refractivity contribution in [3.8, 4) is 0 Å². The zero-order valence-corrected chi connectivity index (χ0v) is 12.7. The maximum atomic E-state index is 4.29. The first-order chi connectivity index (χ1) is 7.79. The Morgan fingerprint density at radius 1 is 1.18 bits per heavy atom. The van der Waals surface area contributed by atoms with Crippen molar-refractivity contribution < 1.29 is 0 Å². The minimum Gasteiger partial charge on any atom is -0.312 e. The zero-order valence-electron chi connectivity index (χ0n) is 11.9. The summed E-state index contributed by atoms with van der Waals surface area (Å²) in [5.74, 6) is 1.14. The molecular weight excluding hydrogens is 230 g/mol. The van der Waals surface area contributed by atoms with E-state index in [1.807, 2.05) is 0 Å². The molecule has 0 fully saturated rings. The number of hydrogen-bond donors (Lipinski definition) is 1. The summed E-state index contributed by atoms with van der Waals surface area (Å²) in [6, 6.07) is 0. The molecule has 1 aromatic rings. The molecule has 1 N–H and O–H groups in total. The van der Waals surface area contributed by atoms with Gasteiger partial charge < -0.3 is 5.32 Å². The van der Waals surface area contributed by atoms with Crippen molar-refractivity contribution in [2.75, 3.05) is 6.54 Å². The minimum atomic E-state index is 0.179. The monoisotopic (exact) mass is 255 g/mol. The van der Waals surface area contributed by atoms with Crippen LogP contribution in [0.5, 0.6) is 0 Å². The van der Waals surface area contributed by atoms with Gasteiger partial charge in [-0.05, 0) is 26.7 Å². The molecule has 1 rings (SSSR count). The van der Waals surface area contributed by atoms with Crippen LogP contribution in [0.15, 0.2) is 0 Å². The summed E-state index contributed by atoms with van der Waals surface area (Å²) in [4.78, 5) is 0. The summed E-state index contributed by atoms with van der Waals surface area (Å²) < 4.78 is 0. The van der Waals surface area contributed by atoms with Crippen LogP contribution >= 0.6 is 11.3 Å². The van der Waals surface area contributed by atoms with Crippen molar-refractivity contribution in [2.45, 2.75) is 59.4 Å². The normalized spacial score (nSPS) is 14.3. The molecule has 0 aliphatic rings. The van der Waals surface area contributed by atoms with Gasteiger partial charge in [0.2, 0.25) is 0 Å². The van der Waals surface area contributed by atoms with Gasteiger partial charge in [0.25, 0.3) is 0 Å². The highest BCUT2D eigenvalue weighted by Gasteiger charge is 2.15. The Bertz CT molecular complexity index is 339. The quantitative estimate of drug-likeness (QED) is 0.878.